The second-order valence-corrected chi connectivity index (χ2v) is 4.90. The van der Waals surface area contributed by atoms with Crippen LogP contribution in [0.25, 0.3) is 0 Å². The Hall–Kier alpha value is -2.43. The summed E-state index contributed by atoms with van der Waals surface area (Å²) in [5.41, 5.74) is 0.991. The van der Waals surface area contributed by atoms with Crippen LogP contribution in [0.3, 0.4) is 0 Å². The quantitative estimate of drug-likeness (QED) is 0.785. The topological polar surface area (TPSA) is 57.7 Å². The van der Waals surface area contributed by atoms with Crippen LogP contribution in [-0.2, 0) is 9.59 Å². The van der Waals surface area contributed by atoms with E-state index in [0.717, 1.165) is 4.90 Å². The van der Waals surface area contributed by atoms with Gasteiger partial charge in [-0.05, 0) is 38.1 Å². The Morgan fingerprint density at radius 3 is 2.00 bits per heavy atom. The summed E-state index contributed by atoms with van der Waals surface area (Å²) >= 11 is 0. The molecule has 0 atom stereocenters. The lowest BCUT2D eigenvalue weighted by Crippen LogP contribution is -2.33. The molecule has 0 fully saturated rings. The normalized spacial score (nSPS) is 14.3. The highest BCUT2D eigenvalue weighted by atomic mass is 16.2. The number of carbonyl (C=O) groups excluding carboxylic acids is 3. The van der Waals surface area contributed by atoms with Gasteiger partial charge in [0.05, 0.1) is 5.69 Å². The Balaban J connectivity index is 2.21. The summed E-state index contributed by atoms with van der Waals surface area (Å²) in [7, 11) is 1.73. The molecule has 1 heterocycles. The maximum absolute atomic E-state index is 12.1. The van der Waals surface area contributed by atoms with Gasteiger partial charge in [0.2, 0.25) is 0 Å². The first-order valence-electron chi connectivity index (χ1n) is 6.35. The van der Waals surface area contributed by atoms with Gasteiger partial charge in [0, 0.05) is 30.8 Å². The van der Waals surface area contributed by atoms with E-state index >= 15 is 0 Å². The highest BCUT2D eigenvalue weighted by Crippen LogP contribution is 2.20. The number of hydrogen-bond acceptors (Lipinski definition) is 3. The monoisotopic (exact) mass is 272 g/mol. The van der Waals surface area contributed by atoms with Crippen LogP contribution in [0.1, 0.15) is 24.2 Å². The lowest BCUT2D eigenvalue weighted by molar-refractivity contribution is -0.119. The van der Waals surface area contributed by atoms with Crippen LogP contribution in [0.2, 0.25) is 0 Å². The molecule has 0 spiro atoms. The van der Waals surface area contributed by atoms with Crippen molar-refractivity contribution < 1.29 is 14.4 Å². The minimum Gasteiger partial charge on any atom is -0.339 e. The molecule has 1 aromatic rings. The molecular weight excluding hydrogens is 256 g/mol. The average molecular weight is 272 g/mol. The zero-order valence-electron chi connectivity index (χ0n) is 11.7. The number of amides is 3. The SMILES string of the molecule is CC(C)N(C)C(=O)c1ccc(N2C(=O)C=CC2=O)cc1. The summed E-state index contributed by atoms with van der Waals surface area (Å²) in [4.78, 5) is 37.9. The van der Waals surface area contributed by atoms with Crippen LogP contribution in [0.5, 0.6) is 0 Å². The smallest absolute Gasteiger partial charge is 0.258 e. The van der Waals surface area contributed by atoms with E-state index in [1.54, 1.807) is 36.2 Å². The third kappa shape index (κ3) is 2.47. The maximum Gasteiger partial charge on any atom is 0.258 e. The van der Waals surface area contributed by atoms with Crippen molar-refractivity contribution in [3.05, 3.63) is 42.0 Å². The summed E-state index contributed by atoms with van der Waals surface area (Å²) in [6.45, 7) is 3.86. The summed E-state index contributed by atoms with van der Waals surface area (Å²) in [6, 6.07) is 6.55. The van der Waals surface area contributed by atoms with Gasteiger partial charge in [0.25, 0.3) is 17.7 Å². The second kappa shape index (κ2) is 5.28. The van der Waals surface area contributed by atoms with Gasteiger partial charge in [-0.25, -0.2) is 4.90 Å². The largest absolute Gasteiger partial charge is 0.339 e. The maximum atomic E-state index is 12.1. The van der Waals surface area contributed by atoms with Gasteiger partial charge < -0.3 is 4.90 Å². The van der Waals surface area contributed by atoms with Crippen molar-refractivity contribution in [2.45, 2.75) is 19.9 Å². The third-order valence-corrected chi connectivity index (χ3v) is 3.28. The van der Waals surface area contributed by atoms with Gasteiger partial charge in [-0.3, -0.25) is 14.4 Å². The molecule has 2 rings (SSSR count). The van der Waals surface area contributed by atoms with E-state index in [2.05, 4.69) is 0 Å². The molecule has 1 aliphatic rings. The van der Waals surface area contributed by atoms with E-state index in [0.29, 0.717) is 11.3 Å². The van der Waals surface area contributed by atoms with Crippen molar-refractivity contribution in [3.63, 3.8) is 0 Å². The van der Waals surface area contributed by atoms with Crippen molar-refractivity contribution in [1.82, 2.24) is 4.90 Å². The number of hydrogen-bond donors (Lipinski definition) is 0. The minimum absolute atomic E-state index is 0.0937. The zero-order chi connectivity index (χ0) is 14.9. The predicted octanol–water partition coefficient (Wildman–Crippen LogP) is 1.60. The van der Waals surface area contributed by atoms with E-state index in [9.17, 15) is 14.4 Å². The first kappa shape index (κ1) is 14.0. The first-order valence-corrected chi connectivity index (χ1v) is 6.35. The standard InChI is InChI=1S/C15H16N2O3/c1-10(2)16(3)15(20)11-4-6-12(7-5-11)17-13(18)8-9-14(17)19/h4-10H,1-3H3. The molecular formula is C15H16N2O3. The molecule has 3 amide bonds. The van der Waals surface area contributed by atoms with Gasteiger partial charge in [0.15, 0.2) is 0 Å². The van der Waals surface area contributed by atoms with Gasteiger partial charge in [0.1, 0.15) is 0 Å². The number of imide groups is 1. The van der Waals surface area contributed by atoms with Gasteiger partial charge >= 0.3 is 0 Å². The lowest BCUT2D eigenvalue weighted by atomic mass is 10.1. The molecule has 0 unspecified atom stereocenters. The molecule has 0 aliphatic carbocycles. The fourth-order valence-corrected chi connectivity index (χ4v) is 1.85. The van der Waals surface area contributed by atoms with Gasteiger partial charge in [-0.2, -0.15) is 0 Å². The number of benzene rings is 1. The summed E-state index contributed by atoms with van der Waals surface area (Å²) in [6.07, 6.45) is 2.46. The van der Waals surface area contributed by atoms with E-state index < -0.39 is 0 Å². The summed E-state index contributed by atoms with van der Waals surface area (Å²) < 4.78 is 0. The molecule has 0 saturated heterocycles. The molecule has 0 radical (unpaired) electrons. The fraction of sp³-hybridized carbons (Fsp3) is 0.267. The Morgan fingerprint density at radius 1 is 1.05 bits per heavy atom. The van der Waals surface area contributed by atoms with E-state index in [1.807, 2.05) is 13.8 Å². The minimum atomic E-state index is -0.367. The van der Waals surface area contributed by atoms with Crippen LogP contribution in [-0.4, -0.2) is 35.7 Å². The molecule has 0 saturated carbocycles. The molecule has 0 N–H and O–H groups in total. The molecule has 0 bridgehead atoms. The van der Waals surface area contributed by atoms with Crippen molar-refractivity contribution in [3.8, 4) is 0 Å². The third-order valence-electron chi connectivity index (χ3n) is 3.28. The van der Waals surface area contributed by atoms with Crippen LogP contribution in [0.15, 0.2) is 36.4 Å². The van der Waals surface area contributed by atoms with Gasteiger partial charge in [-0.1, -0.05) is 0 Å². The van der Waals surface area contributed by atoms with Crippen molar-refractivity contribution >= 4 is 23.4 Å². The van der Waals surface area contributed by atoms with E-state index in [4.69, 9.17) is 0 Å². The number of nitrogens with zero attached hydrogens (tertiary/aromatic N) is 2. The molecule has 0 aromatic heterocycles. The molecule has 5 heteroatoms. The molecule has 20 heavy (non-hydrogen) atoms. The number of rotatable bonds is 3. The number of carbonyl (C=O) groups is 3. The highest BCUT2D eigenvalue weighted by molar-refractivity contribution is 6.28. The summed E-state index contributed by atoms with van der Waals surface area (Å²) in [5.74, 6) is -0.828. The molecule has 5 nitrogen and oxygen atoms in total. The average Bonchev–Trinajstić information content (AvgIpc) is 2.76. The Morgan fingerprint density at radius 2 is 1.55 bits per heavy atom. The van der Waals surface area contributed by atoms with Crippen molar-refractivity contribution in [1.29, 1.82) is 0 Å². The Bertz CT molecular complexity index is 570. The van der Waals surface area contributed by atoms with E-state index in [1.165, 1.54) is 12.2 Å². The van der Waals surface area contributed by atoms with E-state index in [-0.39, 0.29) is 23.8 Å². The lowest BCUT2D eigenvalue weighted by Gasteiger charge is -2.22. The van der Waals surface area contributed by atoms with Crippen molar-refractivity contribution in [2.75, 3.05) is 11.9 Å². The molecule has 1 aromatic carbocycles. The fourth-order valence-electron chi connectivity index (χ4n) is 1.85. The second-order valence-electron chi connectivity index (χ2n) is 4.90. The predicted molar refractivity (Wildman–Crippen MR) is 75.3 cm³/mol. The van der Waals surface area contributed by atoms with Crippen LogP contribution in [0.4, 0.5) is 5.69 Å². The van der Waals surface area contributed by atoms with Crippen molar-refractivity contribution in [2.24, 2.45) is 0 Å². The van der Waals surface area contributed by atoms with Gasteiger partial charge in [-0.15, -0.1) is 0 Å². The Labute approximate surface area is 117 Å². The summed E-state index contributed by atoms with van der Waals surface area (Å²) in [5, 5.41) is 0. The molecule has 1 aliphatic heterocycles. The first-order chi connectivity index (χ1) is 9.41. The zero-order valence-corrected chi connectivity index (χ0v) is 11.7. The molecule has 104 valence electrons. The number of anilines is 1. The highest BCUT2D eigenvalue weighted by Gasteiger charge is 2.25. The Kier molecular flexibility index (Phi) is 3.70. The van der Waals surface area contributed by atoms with Crippen LogP contribution in [0, 0.1) is 0 Å². The van der Waals surface area contributed by atoms with Crippen LogP contribution >= 0.6 is 0 Å². The van der Waals surface area contributed by atoms with Crippen LogP contribution < -0.4 is 4.90 Å².